The Morgan fingerprint density at radius 2 is 2.22 bits per heavy atom. The van der Waals surface area contributed by atoms with E-state index in [2.05, 4.69) is 17.6 Å². The summed E-state index contributed by atoms with van der Waals surface area (Å²) in [5.41, 5.74) is 1.16. The lowest BCUT2D eigenvalue weighted by Crippen LogP contribution is -2.28. The number of rotatable bonds is 7. The number of benzene rings is 1. The molecule has 0 fully saturated rings. The van der Waals surface area contributed by atoms with E-state index in [4.69, 9.17) is 4.74 Å². The van der Waals surface area contributed by atoms with Gasteiger partial charge in [0.25, 0.3) is 0 Å². The minimum Gasteiger partial charge on any atom is -0.497 e. The van der Waals surface area contributed by atoms with Crippen LogP contribution in [0.4, 0.5) is 0 Å². The molecule has 1 amide bonds. The van der Waals surface area contributed by atoms with Gasteiger partial charge in [-0.1, -0.05) is 12.1 Å². The molecule has 1 aromatic carbocycles. The molecule has 0 aliphatic carbocycles. The average Bonchev–Trinajstić information content (AvgIpc) is 2.39. The quantitative estimate of drug-likeness (QED) is 0.776. The second kappa shape index (κ2) is 7.71. The highest BCUT2D eigenvalue weighted by Gasteiger charge is 2.06. The van der Waals surface area contributed by atoms with Gasteiger partial charge in [0.05, 0.1) is 7.11 Å². The molecular formula is C14H22N2O2. The molecule has 18 heavy (non-hydrogen) atoms. The molecule has 0 bridgehead atoms. The number of hydrogen-bond acceptors (Lipinski definition) is 3. The summed E-state index contributed by atoms with van der Waals surface area (Å²) >= 11 is 0. The van der Waals surface area contributed by atoms with Crippen molar-refractivity contribution in [1.29, 1.82) is 0 Å². The fourth-order valence-corrected chi connectivity index (χ4v) is 1.72. The summed E-state index contributed by atoms with van der Waals surface area (Å²) in [4.78, 5) is 11.3. The third-order valence-corrected chi connectivity index (χ3v) is 2.77. The van der Waals surface area contributed by atoms with Gasteiger partial charge in [-0.25, -0.2) is 0 Å². The molecule has 0 aliphatic rings. The Balaban J connectivity index is 2.40. The Labute approximate surface area is 109 Å². The summed E-state index contributed by atoms with van der Waals surface area (Å²) < 4.78 is 5.19. The van der Waals surface area contributed by atoms with E-state index >= 15 is 0 Å². The first kappa shape index (κ1) is 14.5. The molecule has 1 aromatic rings. The van der Waals surface area contributed by atoms with E-state index in [1.165, 1.54) is 0 Å². The fourth-order valence-electron chi connectivity index (χ4n) is 1.72. The highest BCUT2D eigenvalue weighted by molar-refractivity contribution is 5.75. The van der Waals surface area contributed by atoms with Crippen molar-refractivity contribution in [1.82, 2.24) is 10.6 Å². The van der Waals surface area contributed by atoms with E-state index in [-0.39, 0.29) is 11.9 Å². The molecule has 1 unspecified atom stereocenters. The molecule has 4 heteroatoms. The topological polar surface area (TPSA) is 50.4 Å². The van der Waals surface area contributed by atoms with Gasteiger partial charge in [-0.05, 0) is 31.5 Å². The highest BCUT2D eigenvalue weighted by Crippen LogP contribution is 2.18. The second-order valence-electron chi connectivity index (χ2n) is 4.16. The molecule has 2 N–H and O–H groups in total. The Morgan fingerprint density at radius 3 is 2.89 bits per heavy atom. The Kier molecular flexibility index (Phi) is 6.22. The van der Waals surface area contributed by atoms with E-state index in [9.17, 15) is 4.79 Å². The van der Waals surface area contributed by atoms with Crippen molar-refractivity contribution in [2.75, 3.05) is 20.2 Å². The molecule has 0 aromatic heterocycles. The first-order chi connectivity index (χ1) is 8.67. The predicted octanol–water partition coefficient (Wildman–Crippen LogP) is 1.87. The van der Waals surface area contributed by atoms with Gasteiger partial charge in [0.15, 0.2) is 0 Å². The summed E-state index contributed by atoms with van der Waals surface area (Å²) in [7, 11) is 1.66. The normalized spacial score (nSPS) is 11.9. The summed E-state index contributed by atoms with van der Waals surface area (Å²) in [5.74, 6) is 0.938. The van der Waals surface area contributed by atoms with Crippen LogP contribution in [0.2, 0.25) is 0 Å². The summed E-state index contributed by atoms with van der Waals surface area (Å²) in [5, 5.41) is 6.10. The van der Waals surface area contributed by atoms with Crippen LogP contribution in [0.1, 0.15) is 31.9 Å². The molecule has 4 nitrogen and oxygen atoms in total. The lowest BCUT2D eigenvalue weighted by Gasteiger charge is -2.14. The highest BCUT2D eigenvalue weighted by atomic mass is 16.5. The molecule has 100 valence electrons. The summed E-state index contributed by atoms with van der Waals surface area (Å²) in [6.07, 6.45) is 0.502. The smallest absolute Gasteiger partial charge is 0.221 e. The Hall–Kier alpha value is -1.55. The number of nitrogens with one attached hydrogen (secondary N) is 2. The zero-order valence-corrected chi connectivity index (χ0v) is 11.3. The van der Waals surface area contributed by atoms with Crippen molar-refractivity contribution in [2.45, 2.75) is 26.3 Å². The predicted molar refractivity (Wildman–Crippen MR) is 72.7 cm³/mol. The number of hydrogen-bond donors (Lipinski definition) is 2. The van der Waals surface area contributed by atoms with Crippen molar-refractivity contribution < 1.29 is 9.53 Å². The van der Waals surface area contributed by atoms with Crippen LogP contribution >= 0.6 is 0 Å². The number of methoxy groups -OCH3 is 1. The maximum absolute atomic E-state index is 11.3. The van der Waals surface area contributed by atoms with Gasteiger partial charge in [0, 0.05) is 25.6 Å². The molecule has 0 saturated carbocycles. The molecular weight excluding hydrogens is 228 g/mol. The van der Waals surface area contributed by atoms with Gasteiger partial charge in [-0.3, -0.25) is 4.79 Å². The molecule has 0 spiro atoms. The monoisotopic (exact) mass is 250 g/mol. The van der Waals surface area contributed by atoms with E-state index in [0.29, 0.717) is 19.5 Å². The molecule has 0 aliphatic heterocycles. The Morgan fingerprint density at radius 1 is 1.44 bits per heavy atom. The zero-order valence-electron chi connectivity index (χ0n) is 11.3. The standard InChI is InChI=1S/C14H22N2O2/c1-4-15-14(17)8-9-16-11(2)12-6-5-7-13(10-12)18-3/h5-7,10-11,16H,4,8-9H2,1-3H3,(H,15,17). The van der Waals surface area contributed by atoms with Crippen molar-refractivity contribution in [3.05, 3.63) is 29.8 Å². The second-order valence-corrected chi connectivity index (χ2v) is 4.16. The lowest BCUT2D eigenvalue weighted by molar-refractivity contribution is -0.120. The Bertz CT molecular complexity index is 380. The van der Waals surface area contributed by atoms with Crippen LogP contribution in [0.25, 0.3) is 0 Å². The van der Waals surface area contributed by atoms with Crippen LogP contribution in [0.5, 0.6) is 5.75 Å². The SMILES string of the molecule is CCNC(=O)CCNC(C)c1cccc(OC)c1. The van der Waals surface area contributed by atoms with E-state index < -0.39 is 0 Å². The van der Waals surface area contributed by atoms with E-state index in [1.54, 1.807) is 7.11 Å². The van der Waals surface area contributed by atoms with Gasteiger partial charge in [-0.15, -0.1) is 0 Å². The summed E-state index contributed by atoms with van der Waals surface area (Å²) in [6.45, 7) is 5.35. The van der Waals surface area contributed by atoms with Gasteiger partial charge >= 0.3 is 0 Å². The van der Waals surface area contributed by atoms with Gasteiger partial charge in [0.2, 0.25) is 5.91 Å². The largest absolute Gasteiger partial charge is 0.497 e. The van der Waals surface area contributed by atoms with Crippen molar-refractivity contribution in [3.8, 4) is 5.75 Å². The van der Waals surface area contributed by atoms with E-state index in [0.717, 1.165) is 11.3 Å². The molecule has 1 rings (SSSR count). The first-order valence-electron chi connectivity index (χ1n) is 6.31. The minimum absolute atomic E-state index is 0.0860. The number of amides is 1. The maximum atomic E-state index is 11.3. The van der Waals surface area contributed by atoms with Gasteiger partial charge in [0.1, 0.15) is 5.75 Å². The van der Waals surface area contributed by atoms with Crippen molar-refractivity contribution in [3.63, 3.8) is 0 Å². The van der Waals surface area contributed by atoms with E-state index in [1.807, 2.05) is 31.2 Å². The third-order valence-electron chi connectivity index (χ3n) is 2.77. The van der Waals surface area contributed by atoms with Crippen molar-refractivity contribution >= 4 is 5.91 Å². The average molecular weight is 250 g/mol. The van der Waals surface area contributed by atoms with Crippen LogP contribution in [0.3, 0.4) is 0 Å². The van der Waals surface area contributed by atoms with Crippen LogP contribution in [0, 0.1) is 0 Å². The zero-order chi connectivity index (χ0) is 13.4. The van der Waals surface area contributed by atoms with Crippen molar-refractivity contribution in [2.24, 2.45) is 0 Å². The third kappa shape index (κ3) is 4.75. The van der Waals surface area contributed by atoms with Gasteiger partial charge < -0.3 is 15.4 Å². The first-order valence-corrected chi connectivity index (χ1v) is 6.31. The van der Waals surface area contributed by atoms with Crippen LogP contribution < -0.4 is 15.4 Å². The minimum atomic E-state index is 0.0860. The number of ether oxygens (including phenoxy) is 1. The molecule has 0 heterocycles. The molecule has 0 saturated heterocycles. The van der Waals surface area contributed by atoms with Crippen LogP contribution in [-0.2, 0) is 4.79 Å². The van der Waals surface area contributed by atoms with Gasteiger partial charge in [-0.2, -0.15) is 0 Å². The maximum Gasteiger partial charge on any atom is 0.221 e. The molecule has 0 radical (unpaired) electrons. The number of carbonyl (C=O) groups excluding carboxylic acids is 1. The fraction of sp³-hybridized carbons (Fsp3) is 0.500. The van der Waals surface area contributed by atoms with Crippen LogP contribution in [0.15, 0.2) is 24.3 Å². The number of carbonyl (C=O) groups is 1. The van der Waals surface area contributed by atoms with Crippen LogP contribution in [-0.4, -0.2) is 26.1 Å². The molecule has 1 atom stereocenters. The lowest BCUT2D eigenvalue weighted by atomic mass is 10.1. The summed E-state index contributed by atoms with van der Waals surface area (Å²) in [6, 6.07) is 8.14.